The van der Waals surface area contributed by atoms with Gasteiger partial charge < -0.3 is 11.1 Å². The van der Waals surface area contributed by atoms with Gasteiger partial charge in [0, 0.05) is 5.54 Å². The normalized spacial score (nSPS) is 30.3. The van der Waals surface area contributed by atoms with Crippen molar-refractivity contribution < 1.29 is 4.79 Å². The zero-order chi connectivity index (χ0) is 15.0. The summed E-state index contributed by atoms with van der Waals surface area (Å²) in [5, 5.41) is 3.26. The summed E-state index contributed by atoms with van der Waals surface area (Å²) in [5.41, 5.74) is 9.98. The van der Waals surface area contributed by atoms with Gasteiger partial charge >= 0.3 is 0 Å². The van der Waals surface area contributed by atoms with Crippen molar-refractivity contribution in [3.63, 3.8) is 0 Å². The first kappa shape index (κ1) is 17.3. The fourth-order valence-electron chi connectivity index (χ4n) is 3.96. The molecule has 0 saturated heterocycles. The SMILES string of the molecule is Cc1ccc2c(c1)CCC2NC(=O)C1CCCCC1(C)N.Cl. The molecule has 3 atom stereocenters. The average molecular weight is 323 g/mol. The molecule has 122 valence electrons. The van der Waals surface area contributed by atoms with Crippen LogP contribution in [0.1, 0.15) is 61.8 Å². The van der Waals surface area contributed by atoms with Crippen molar-refractivity contribution in [3.8, 4) is 0 Å². The summed E-state index contributed by atoms with van der Waals surface area (Å²) in [6.45, 7) is 4.15. The molecule has 3 nitrogen and oxygen atoms in total. The third kappa shape index (κ3) is 3.31. The van der Waals surface area contributed by atoms with Gasteiger partial charge in [-0.25, -0.2) is 0 Å². The number of nitrogens with two attached hydrogens (primary N) is 1. The molecule has 0 bridgehead atoms. The molecule has 0 radical (unpaired) electrons. The van der Waals surface area contributed by atoms with Crippen molar-refractivity contribution in [2.45, 2.75) is 64.0 Å². The van der Waals surface area contributed by atoms with Gasteiger partial charge in [0.2, 0.25) is 5.91 Å². The van der Waals surface area contributed by atoms with Gasteiger partial charge in [-0.3, -0.25) is 4.79 Å². The van der Waals surface area contributed by atoms with Crippen LogP contribution in [0.15, 0.2) is 18.2 Å². The Morgan fingerprint density at radius 1 is 1.32 bits per heavy atom. The van der Waals surface area contributed by atoms with E-state index in [1.165, 1.54) is 16.7 Å². The molecule has 3 rings (SSSR count). The molecule has 4 heteroatoms. The molecule has 3 unspecified atom stereocenters. The predicted octanol–water partition coefficient (Wildman–Crippen LogP) is 3.43. The zero-order valence-corrected chi connectivity index (χ0v) is 14.3. The lowest BCUT2D eigenvalue weighted by atomic mass is 9.74. The summed E-state index contributed by atoms with van der Waals surface area (Å²) in [4.78, 5) is 12.7. The van der Waals surface area contributed by atoms with Crippen LogP contribution in [0.4, 0.5) is 0 Å². The van der Waals surface area contributed by atoms with E-state index in [0.29, 0.717) is 0 Å². The second-order valence-corrected chi connectivity index (χ2v) is 7.11. The van der Waals surface area contributed by atoms with Crippen LogP contribution >= 0.6 is 12.4 Å². The molecule has 1 amide bonds. The van der Waals surface area contributed by atoms with Crippen molar-refractivity contribution in [1.82, 2.24) is 5.32 Å². The number of hydrogen-bond acceptors (Lipinski definition) is 2. The molecule has 3 N–H and O–H groups in total. The lowest BCUT2D eigenvalue weighted by Crippen LogP contribution is -2.53. The number of carbonyl (C=O) groups excluding carboxylic acids is 1. The lowest BCUT2D eigenvalue weighted by molar-refractivity contribution is -0.128. The van der Waals surface area contributed by atoms with Gasteiger partial charge in [-0.05, 0) is 50.7 Å². The molecule has 2 aliphatic carbocycles. The van der Waals surface area contributed by atoms with E-state index in [2.05, 4.69) is 30.4 Å². The molecule has 2 aliphatic rings. The molecule has 1 aromatic rings. The van der Waals surface area contributed by atoms with Crippen LogP contribution in [0.25, 0.3) is 0 Å². The minimum atomic E-state index is -0.350. The number of fused-ring (bicyclic) bond motifs is 1. The van der Waals surface area contributed by atoms with Crippen LogP contribution < -0.4 is 11.1 Å². The van der Waals surface area contributed by atoms with E-state index in [0.717, 1.165) is 38.5 Å². The maximum atomic E-state index is 12.7. The van der Waals surface area contributed by atoms with Crippen molar-refractivity contribution >= 4 is 18.3 Å². The van der Waals surface area contributed by atoms with Crippen LogP contribution in [0, 0.1) is 12.8 Å². The fraction of sp³-hybridized carbons (Fsp3) is 0.611. The van der Waals surface area contributed by atoms with Gasteiger partial charge in [-0.2, -0.15) is 0 Å². The molecule has 22 heavy (non-hydrogen) atoms. The Morgan fingerprint density at radius 2 is 2.09 bits per heavy atom. The standard InChI is InChI=1S/C18H26N2O.ClH/c1-12-6-8-14-13(11-12)7-9-16(14)20-17(21)15-5-3-4-10-18(15,2)19;/h6,8,11,15-16H,3-5,7,9-10,19H2,1-2H3,(H,20,21);1H. The number of hydrogen-bond donors (Lipinski definition) is 2. The van der Waals surface area contributed by atoms with E-state index in [1.54, 1.807) is 0 Å². The molecular weight excluding hydrogens is 296 g/mol. The highest BCUT2D eigenvalue weighted by molar-refractivity contribution is 5.85. The Kier molecular flexibility index (Phi) is 5.18. The number of amides is 1. The highest BCUT2D eigenvalue weighted by Crippen LogP contribution is 2.35. The largest absolute Gasteiger partial charge is 0.349 e. The monoisotopic (exact) mass is 322 g/mol. The molecule has 1 saturated carbocycles. The molecule has 1 aromatic carbocycles. The Balaban J connectivity index is 0.00000176. The smallest absolute Gasteiger partial charge is 0.225 e. The van der Waals surface area contributed by atoms with Gasteiger partial charge in [-0.15, -0.1) is 12.4 Å². The first-order valence-corrected chi connectivity index (χ1v) is 8.16. The van der Waals surface area contributed by atoms with E-state index in [4.69, 9.17) is 5.73 Å². The average Bonchev–Trinajstić information content (AvgIpc) is 2.80. The Hall–Kier alpha value is -1.06. The number of benzene rings is 1. The predicted molar refractivity (Wildman–Crippen MR) is 92.2 cm³/mol. The lowest BCUT2D eigenvalue weighted by Gasteiger charge is -2.37. The highest BCUT2D eigenvalue weighted by Gasteiger charge is 2.39. The molecule has 0 aliphatic heterocycles. The van der Waals surface area contributed by atoms with E-state index < -0.39 is 0 Å². The Morgan fingerprint density at radius 3 is 2.82 bits per heavy atom. The summed E-state index contributed by atoms with van der Waals surface area (Å²) >= 11 is 0. The van der Waals surface area contributed by atoms with Gasteiger partial charge in [0.25, 0.3) is 0 Å². The first-order valence-electron chi connectivity index (χ1n) is 8.16. The van der Waals surface area contributed by atoms with Crippen molar-refractivity contribution in [1.29, 1.82) is 0 Å². The first-order chi connectivity index (χ1) is 9.97. The minimum Gasteiger partial charge on any atom is -0.349 e. The summed E-state index contributed by atoms with van der Waals surface area (Å²) < 4.78 is 0. The maximum Gasteiger partial charge on any atom is 0.225 e. The van der Waals surface area contributed by atoms with Crippen molar-refractivity contribution in [2.75, 3.05) is 0 Å². The molecule has 0 spiro atoms. The molecule has 0 heterocycles. The summed E-state index contributed by atoms with van der Waals surface area (Å²) in [6, 6.07) is 6.72. The summed E-state index contributed by atoms with van der Waals surface area (Å²) in [6.07, 6.45) is 6.20. The minimum absolute atomic E-state index is 0. The Labute approximate surface area is 139 Å². The second-order valence-electron chi connectivity index (χ2n) is 7.11. The molecular formula is C18H27ClN2O. The van der Waals surface area contributed by atoms with Gasteiger partial charge in [0.1, 0.15) is 0 Å². The number of halogens is 1. The van der Waals surface area contributed by atoms with Crippen LogP contribution in [0.3, 0.4) is 0 Å². The number of rotatable bonds is 2. The van der Waals surface area contributed by atoms with Crippen LogP contribution in [-0.4, -0.2) is 11.4 Å². The van der Waals surface area contributed by atoms with E-state index >= 15 is 0 Å². The fourth-order valence-corrected chi connectivity index (χ4v) is 3.96. The van der Waals surface area contributed by atoms with Crippen LogP contribution in [-0.2, 0) is 11.2 Å². The van der Waals surface area contributed by atoms with Crippen LogP contribution in [0.2, 0.25) is 0 Å². The summed E-state index contributed by atoms with van der Waals surface area (Å²) in [7, 11) is 0. The second kappa shape index (κ2) is 6.59. The van der Waals surface area contributed by atoms with Gasteiger partial charge in [-0.1, -0.05) is 36.6 Å². The summed E-state index contributed by atoms with van der Waals surface area (Å²) in [5.74, 6) is 0.110. The quantitative estimate of drug-likeness (QED) is 0.876. The Bertz CT molecular complexity index is 556. The number of aryl methyl sites for hydroxylation is 2. The third-order valence-corrected chi connectivity index (χ3v) is 5.26. The molecule has 1 fully saturated rings. The van der Waals surface area contributed by atoms with Crippen molar-refractivity contribution in [3.05, 3.63) is 34.9 Å². The molecule has 0 aromatic heterocycles. The highest BCUT2D eigenvalue weighted by atomic mass is 35.5. The van der Waals surface area contributed by atoms with Crippen molar-refractivity contribution in [2.24, 2.45) is 11.7 Å². The topological polar surface area (TPSA) is 55.1 Å². The van der Waals surface area contributed by atoms with Gasteiger partial charge in [0.05, 0.1) is 12.0 Å². The van der Waals surface area contributed by atoms with E-state index in [-0.39, 0.29) is 35.8 Å². The maximum absolute atomic E-state index is 12.7. The zero-order valence-electron chi connectivity index (χ0n) is 13.5. The van der Waals surface area contributed by atoms with Gasteiger partial charge in [0.15, 0.2) is 0 Å². The number of nitrogens with one attached hydrogen (secondary N) is 1. The third-order valence-electron chi connectivity index (χ3n) is 5.26. The van der Waals surface area contributed by atoms with E-state index in [9.17, 15) is 4.79 Å². The van der Waals surface area contributed by atoms with E-state index in [1.807, 2.05) is 6.92 Å². The number of carbonyl (C=O) groups is 1. The van der Waals surface area contributed by atoms with Crippen LogP contribution in [0.5, 0.6) is 0 Å².